The van der Waals surface area contributed by atoms with E-state index >= 15 is 0 Å². The molecule has 1 aliphatic carbocycles. The number of hydrogen-bond donors (Lipinski definition) is 1. The smallest absolute Gasteiger partial charge is 0.290 e. The fourth-order valence-electron chi connectivity index (χ4n) is 2.55. The zero-order chi connectivity index (χ0) is 14.7. The van der Waals surface area contributed by atoms with Crippen molar-refractivity contribution >= 4 is 5.91 Å². The Labute approximate surface area is 124 Å². The zero-order valence-corrected chi connectivity index (χ0v) is 12.1. The highest BCUT2D eigenvalue weighted by atomic mass is 16.6. The fourth-order valence-corrected chi connectivity index (χ4v) is 2.55. The molecule has 1 N–H and O–H groups in total. The van der Waals surface area contributed by atoms with Gasteiger partial charge in [-0.2, -0.15) is 0 Å². The van der Waals surface area contributed by atoms with Crippen LogP contribution < -0.4 is 10.1 Å². The molecule has 21 heavy (non-hydrogen) atoms. The maximum atomic E-state index is 12.1. The lowest BCUT2D eigenvalue weighted by atomic mass is 10.2. The molecular formula is C17H19NO3. The summed E-state index contributed by atoms with van der Waals surface area (Å²) in [6.07, 6.45) is 4.48. The number of amides is 1. The molecule has 1 aliphatic rings. The molecule has 0 radical (unpaired) electrons. The van der Waals surface area contributed by atoms with Crippen molar-refractivity contribution in [3.63, 3.8) is 0 Å². The number of ether oxygens (including phenoxy) is 1. The molecule has 0 unspecified atom stereocenters. The van der Waals surface area contributed by atoms with E-state index in [0.29, 0.717) is 17.5 Å². The lowest BCUT2D eigenvalue weighted by Gasteiger charge is -2.09. The minimum absolute atomic E-state index is 0.166. The highest BCUT2D eigenvalue weighted by Crippen LogP contribution is 2.24. The maximum Gasteiger partial charge on any atom is 0.290 e. The maximum absolute atomic E-state index is 12.1. The van der Waals surface area contributed by atoms with Gasteiger partial charge in [0.05, 0.1) is 0 Å². The molecular weight excluding hydrogens is 266 g/mol. The van der Waals surface area contributed by atoms with Crippen molar-refractivity contribution < 1.29 is 13.9 Å². The van der Waals surface area contributed by atoms with E-state index in [1.54, 1.807) is 12.1 Å². The summed E-state index contributed by atoms with van der Waals surface area (Å²) < 4.78 is 11.0. The van der Waals surface area contributed by atoms with Crippen LogP contribution in [0.25, 0.3) is 0 Å². The molecule has 0 atom stereocenters. The van der Waals surface area contributed by atoms with Crippen molar-refractivity contribution in [2.75, 3.05) is 0 Å². The summed E-state index contributed by atoms with van der Waals surface area (Å²) in [6, 6.07) is 11.3. The summed E-state index contributed by atoms with van der Waals surface area (Å²) in [5, 5.41) is 2.99. The number of nitrogens with one attached hydrogen (secondary N) is 1. The van der Waals surface area contributed by atoms with E-state index in [2.05, 4.69) is 5.32 Å². The molecule has 1 saturated carbocycles. The van der Waals surface area contributed by atoms with Gasteiger partial charge in [0.25, 0.3) is 11.9 Å². The summed E-state index contributed by atoms with van der Waals surface area (Å²) in [6.45, 7) is 2.02. The third kappa shape index (κ3) is 3.45. The highest BCUT2D eigenvalue weighted by molar-refractivity contribution is 5.91. The van der Waals surface area contributed by atoms with E-state index in [0.717, 1.165) is 12.8 Å². The van der Waals surface area contributed by atoms with Crippen molar-refractivity contribution in [3.8, 4) is 11.7 Å². The summed E-state index contributed by atoms with van der Waals surface area (Å²) in [7, 11) is 0. The molecule has 0 bridgehead atoms. The van der Waals surface area contributed by atoms with Gasteiger partial charge < -0.3 is 14.5 Å². The lowest BCUT2D eigenvalue weighted by Crippen LogP contribution is -2.32. The summed E-state index contributed by atoms with van der Waals surface area (Å²) >= 11 is 0. The van der Waals surface area contributed by atoms with Crippen molar-refractivity contribution in [3.05, 3.63) is 47.7 Å². The molecule has 0 saturated heterocycles. The Morgan fingerprint density at radius 2 is 1.86 bits per heavy atom. The van der Waals surface area contributed by atoms with Crippen molar-refractivity contribution in [2.24, 2.45) is 0 Å². The Kier molecular flexibility index (Phi) is 3.95. The second-order valence-corrected chi connectivity index (χ2v) is 5.49. The molecule has 4 heteroatoms. The minimum Gasteiger partial charge on any atom is -0.426 e. The molecule has 0 aliphatic heterocycles. The Balaban J connectivity index is 1.62. The third-order valence-corrected chi connectivity index (χ3v) is 3.73. The standard InChI is InChI=1S/C17H19NO3/c1-12-6-8-14(9-7-12)20-16-11-10-15(21-16)17(19)18-13-4-2-3-5-13/h6-11,13H,2-5H2,1H3,(H,18,19). The molecule has 3 rings (SSSR count). The first kappa shape index (κ1) is 13.7. The third-order valence-electron chi connectivity index (χ3n) is 3.73. The zero-order valence-electron chi connectivity index (χ0n) is 12.1. The van der Waals surface area contributed by atoms with Crippen molar-refractivity contribution in [1.82, 2.24) is 5.32 Å². The van der Waals surface area contributed by atoms with Crippen LogP contribution in [-0.4, -0.2) is 11.9 Å². The number of carbonyl (C=O) groups excluding carboxylic acids is 1. The van der Waals surface area contributed by atoms with Gasteiger partial charge in [-0.15, -0.1) is 0 Å². The first-order valence-corrected chi connectivity index (χ1v) is 7.36. The monoisotopic (exact) mass is 285 g/mol. The predicted octanol–water partition coefficient (Wildman–Crippen LogP) is 4.05. The molecule has 1 fully saturated rings. The van der Waals surface area contributed by atoms with E-state index in [-0.39, 0.29) is 11.9 Å². The van der Waals surface area contributed by atoms with Gasteiger partial charge in [0.2, 0.25) is 0 Å². The molecule has 1 heterocycles. The first-order chi connectivity index (χ1) is 10.2. The van der Waals surface area contributed by atoms with Gasteiger partial charge in [0.1, 0.15) is 5.75 Å². The van der Waals surface area contributed by atoms with Crippen LogP contribution in [-0.2, 0) is 0 Å². The second kappa shape index (κ2) is 6.04. The lowest BCUT2D eigenvalue weighted by molar-refractivity contribution is 0.0905. The average Bonchev–Trinajstić information content (AvgIpc) is 3.13. The van der Waals surface area contributed by atoms with Crippen LogP contribution in [0.2, 0.25) is 0 Å². The van der Waals surface area contributed by atoms with Gasteiger partial charge in [-0.05, 0) is 38.0 Å². The van der Waals surface area contributed by atoms with E-state index in [4.69, 9.17) is 9.15 Å². The number of aryl methyl sites for hydroxylation is 1. The van der Waals surface area contributed by atoms with Crippen LogP contribution in [0.15, 0.2) is 40.8 Å². The summed E-state index contributed by atoms with van der Waals surface area (Å²) in [5.74, 6) is 1.15. The minimum atomic E-state index is -0.166. The van der Waals surface area contributed by atoms with Crippen LogP contribution in [0.5, 0.6) is 11.7 Å². The molecule has 1 aromatic carbocycles. The predicted molar refractivity (Wildman–Crippen MR) is 79.7 cm³/mol. The van der Waals surface area contributed by atoms with Crippen LogP contribution >= 0.6 is 0 Å². The van der Waals surface area contributed by atoms with Gasteiger partial charge in [-0.25, -0.2) is 0 Å². The van der Waals surface area contributed by atoms with Gasteiger partial charge in [0, 0.05) is 12.1 Å². The van der Waals surface area contributed by atoms with Crippen molar-refractivity contribution in [2.45, 2.75) is 38.6 Å². The van der Waals surface area contributed by atoms with Crippen LogP contribution in [0, 0.1) is 6.92 Å². The number of benzene rings is 1. The Hall–Kier alpha value is -2.23. The SMILES string of the molecule is Cc1ccc(Oc2ccc(C(=O)NC3CCCC3)o2)cc1. The quantitative estimate of drug-likeness (QED) is 0.921. The van der Waals surface area contributed by atoms with Crippen LogP contribution in [0.1, 0.15) is 41.8 Å². The Bertz CT molecular complexity index is 609. The van der Waals surface area contributed by atoms with Crippen LogP contribution in [0.3, 0.4) is 0 Å². The van der Waals surface area contributed by atoms with Gasteiger partial charge >= 0.3 is 0 Å². The molecule has 0 spiro atoms. The van der Waals surface area contributed by atoms with E-state index in [1.165, 1.54) is 18.4 Å². The number of hydrogen-bond acceptors (Lipinski definition) is 3. The molecule has 1 amide bonds. The second-order valence-electron chi connectivity index (χ2n) is 5.49. The normalized spacial score (nSPS) is 15.1. The number of rotatable bonds is 4. The van der Waals surface area contributed by atoms with Gasteiger partial charge in [-0.3, -0.25) is 4.79 Å². The van der Waals surface area contributed by atoms with E-state index in [9.17, 15) is 4.79 Å². The molecule has 110 valence electrons. The van der Waals surface area contributed by atoms with E-state index in [1.807, 2.05) is 31.2 Å². The Morgan fingerprint density at radius 3 is 2.57 bits per heavy atom. The number of carbonyl (C=O) groups is 1. The molecule has 1 aromatic heterocycles. The fraction of sp³-hybridized carbons (Fsp3) is 0.353. The molecule has 4 nitrogen and oxygen atoms in total. The van der Waals surface area contributed by atoms with Gasteiger partial charge in [0.15, 0.2) is 5.76 Å². The first-order valence-electron chi connectivity index (χ1n) is 7.36. The number of furan rings is 1. The summed E-state index contributed by atoms with van der Waals surface area (Å²) in [4.78, 5) is 12.1. The van der Waals surface area contributed by atoms with E-state index < -0.39 is 0 Å². The highest BCUT2D eigenvalue weighted by Gasteiger charge is 2.20. The topological polar surface area (TPSA) is 51.5 Å². The average molecular weight is 285 g/mol. The van der Waals surface area contributed by atoms with Crippen LogP contribution in [0.4, 0.5) is 0 Å². The van der Waals surface area contributed by atoms with Crippen molar-refractivity contribution in [1.29, 1.82) is 0 Å². The summed E-state index contributed by atoms with van der Waals surface area (Å²) in [5.41, 5.74) is 1.17. The molecule has 2 aromatic rings. The largest absolute Gasteiger partial charge is 0.426 e. The van der Waals surface area contributed by atoms with Gasteiger partial charge in [-0.1, -0.05) is 30.5 Å². The Morgan fingerprint density at radius 1 is 1.14 bits per heavy atom.